The van der Waals surface area contributed by atoms with Gasteiger partial charge in [-0.25, -0.2) is 0 Å². The molecular weight excluding hydrogens is 347 g/mol. The molecule has 0 heterocycles. The number of halogens is 3. The van der Waals surface area contributed by atoms with Gasteiger partial charge < -0.3 is 5.11 Å². The van der Waals surface area contributed by atoms with E-state index in [0.717, 1.165) is 0 Å². The summed E-state index contributed by atoms with van der Waals surface area (Å²) in [6.45, 7) is 3.56. The SMILES string of the molecule is C/C(=C\C[C@@H](O)[C@](C)(Br)CCl)C(=O)CBr. The van der Waals surface area contributed by atoms with Gasteiger partial charge in [0.25, 0.3) is 0 Å². The third-order valence-electron chi connectivity index (χ3n) is 2.16. The first-order valence-electron chi connectivity index (χ1n) is 4.54. The van der Waals surface area contributed by atoms with E-state index in [-0.39, 0.29) is 5.78 Å². The van der Waals surface area contributed by atoms with Crippen molar-refractivity contribution in [2.24, 2.45) is 0 Å². The van der Waals surface area contributed by atoms with Crippen LogP contribution in [0.1, 0.15) is 20.3 Å². The van der Waals surface area contributed by atoms with Crippen LogP contribution in [0.15, 0.2) is 11.6 Å². The molecule has 0 amide bonds. The minimum absolute atomic E-state index is 0.0318. The van der Waals surface area contributed by atoms with E-state index in [1.165, 1.54) is 0 Å². The molecule has 0 aliphatic carbocycles. The monoisotopic (exact) mass is 360 g/mol. The topological polar surface area (TPSA) is 37.3 Å². The highest BCUT2D eigenvalue weighted by atomic mass is 79.9. The van der Waals surface area contributed by atoms with Crippen molar-refractivity contribution < 1.29 is 9.90 Å². The first kappa shape index (κ1) is 15.6. The van der Waals surface area contributed by atoms with Crippen molar-refractivity contribution in [1.82, 2.24) is 0 Å². The molecule has 0 bridgehead atoms. The van der Waals surface area contributed by atoms with Crippen LogP contribution in [0.4, 0.5) is 0 Å². The third kappa shape index (κ3) is 5.48. The number of allylic oxidation sites excluding steroid dienone is 1. The predicted molar refractivity (Wildman–Crippen MR) is 71.2 cm³/mol. The predicted octanol–water partition coefficient (Wildman–Crippen LogP) is 3.04. The van der Waals surface area contributed by atoms with Crippen LogP contribution in [-0.2, 0) is 4.79 Å². The molecule has 0 fully saturated rings. The van der Waals surface area contributed by atoms with E-state index in [1.807, 2.05) is 6.92 Å². The lowest BCUT2D eigenvalue weighted by Gasteiger charge is -2.25. The van der Waals surface area contributed by atoms with E-state index in [4.69, 9.17) is 11.6 Å². The highest BCUT2D eigenvalue weighted by Gasteiger charge is 2.28. The van der Waals surface area contributed by atoms with E-state index in [2.05, 4.69) is 31.9 Å². The smallest absolute Gasteiger partial charge is 0.168 e. The molecular formula is C10H15Br2ClO2. The first-order chi connectivity index (χ1) is 6.85. The molecule has 2 atom stereocenters. The van der Waals surface area contributed by atoms with Gasteiger partial charge in [0, 0.05) is 5.88 Å². The summed E-state index contributed by atoms with van der Waals surface area (Å²) in [5.41, 5.74) is 0.656. The fourth-order valence-electron chi connectivity index (χ4n) is 0.842. The highest BCUT2D eigenvalue weighted by molar-refractivity contribution is 9.10. The van der Waals surface area contributed by atoms with Crippen molar-refractivity contribution in [1.29, 1.82) is 0 Å². The van der Waals surface area contributed by atoms with Crippen molar-refractivity contribution in [3.8, 4) is 0 Å². The van der Waals surface area contributed by atoms with Crippen LogP contribution in [0.5, 0.6) is 0 Å². The minimum Gasteiger partial charge on any atom is -0.391 e. The van der Waals surface area contributed by atoms with Gasteiger partial charge in [-0.1, -0.05) is 37.9 Å². The maximum atomic E-state index is 11.2. The standard InChI is InChI=1S/C10H15Br2ClO2/c1-7(8(14)5-11)3-4-9(15)10(2,12)6-13/h3,9,15H,4-6H2,1-2H3/b7-3+/t9-,10-/m1/s1. The van der Waals surface area contributed by atoms with Crippen LogP contribution in [-0.4, -0.2) is 32.5 Å². The number of aliphatic hydroxyl groups excluding tert-OH is 1. The van der Waals surface area contributed by atoms with Crippen molar-refractivity contribution in [2.45, 2.75) is 30.7 Å². The number of alkyl halides is 3. The molecule has 0 saturated heterocycles. The normalized spacial score (nSPS) is 18.4. The summed E-state index contributed by atoms with van der Waals surface area (Å²) < 4.78 is -0.511. The molecule has 2 nitrogen and oxygen atoms in total. The van der Waals surface area contributed by atoms with Gasteiger partial charge in [-0.3, -0.25) is 4.79 Å². The van der Waals surface area contributed by atoms with Gasteiger partial charge >= 0.3 is 0 Å². The van der Waals surface area contributed by atoms with E-state index in [0.29, 0.717) is 23.2 Å². The van der Waals surface area contributed by atoms with Crippen LogP contribution in [0.3, 0.4) is 0 Å². The molecule has 1 N–H and O–H groups in total. The average Bonchev–Trinajstić information content (AvgIpc) is 2.23. The number of rotatable bonds is 6. The number of aliphatic hydroxyl groups is 1. The lowest BCUT2D eigenvalue weighted by molar-refractivity contribution is -0.113. The zero-order chi connectivity index (χ0) is 12.1. The molecule has 0 aromatic rings. The van der Waals surface area contributed by atoms with Crippen LogP contribution in [0.25, 0.3) is 0 Å². The Morgan fingerprint density at radius 3 is 2.60 bits per heavy atom. The number of carbonyl (C=O) groups is 1. The fourth-order valence-corrected chi connectivity index (χ4v) is 1.65. The lowest BCUT2D eigenvalue weighted by Crippen LogP contribution is -2.34. The molecule has 5 heteroatoms. The summed E-state index contributed by atoms with van der Waals surface area (Å²) >= 11 is 12.1. The Balaban J connectivity index is 4.32. The second-order valence-corrected chi connectivity index (χ2v) is 6.25. The maximum absolute atomic E-state index is 11.2. The summed E-state index contributed by atoms with van der Waals surface area (Å²) in [6.07, 6.45) is 1.55. The molecule has 0 aliphatic heterocycles. The Bertz CT molecular complexity index is 252. The summed E-state index contributed by atoms with van der Waals surface area (Å²) in [7, 11) is 0. The third-order valence-corrected chi connectivity index (χ3v) is 4.36. The zero-order valence-corrected chi connectivity index (χ0v) is 12.7. The van der Waals surface area contributed by atoms with E-state index < -0.39 is 10.4 Å². The van der Waals surface area contributed by atoms with Crippen molar-refractivity contribution in [3.63, 3.8) is 0 Å². The number of hydrogen-bond donors (Lipinski definition) is 1. The van der Waals surface area contributed by atoms with Crippen LogP contribution in [0, 0.1) is 0 Å². The average molecular weight is 362 g/mol. The van der Waals surface area contributed by atoms with Gasteiger partial charge in [0.15, 0.2) is 5.78 Å². The molecule has 0 rings (SSSR count). The molecule has 0 unspecified atom stereocenters. The lowest BCUT2D eigenvalue weighted by atomic mass is 10.0. The second kappa shape index (κ2) is 7.05. The van der Waals surface area contributed by atoms with Gasteiger partial charge in [-0.15, -0.1) is 11.6 Å². The largest absolute Gasteiger partial charge is 0.391 e. The number of carbonyl (C=O) groups excluding carboxylic acids is 1. The number of ketones is 1. The molecule has 88 valence electrons. The van der Waals surface area contributed by atoms with Gasteiger partial charge in [0.2, 0.25) is 0 Å². The van der Waals surface area contributed by atoms with Gasteiger partial charge in [0.05, 0.1) is 15.8 Å². The Morgan fingerprint density at radius 1 is 1.67 bits per heavy atom. The van der Waals surface area contributed by atoms with Crippen molar-refractivity contribution >= 4 is 49.2 Å². The molecule has 0 aromatic carbocycles. The Hall–Kier alpha value is 0.620. The van der Waals surface area contributed by atoms with Gasteiger partial charge in [-0.2, -0.15) is 0 Å². The Kier molecular flexibility index (Phi) is 7.34. The molecule has 0 aliphatic rings. The molecule has 15 heavy (non-hydrogen) atoms. The molecule has 0 spiro atoms. The number of Topliss-reactive ketones (excluding diaryl/α,β-unsaturated/α-hetero) is 1. The summed E-state index contributed by atoms with van der Waals surface area (Å²) in [5.74, 6) is 0.345. The second-order valence-electron chi connectivity index (χ2n) is 3.61. The molecule has 0 aromatic heterocycles. The Morgan fingerprint density at radius 2 is 2.20 bits per heavy atom. The van der Waals surface area contributed by atoms with Crippen LogP contribution >= 0.6 is 43.5 Å². The number of hydrogen-bond acceptors (Lipinski definition) is 2. The summed E-state index contributed by atoms with van der Waals surface area (Å²) in [5, 5.41) is 10.1. The maximum Gasteiger partial charge on any atom is 0.168 e. The zero-order valence-electron chi connectivity index (χ0n) is 8.77. The first-order valence-corrected chi connectivity index (χ1v) is 6.99. The highest BCUT2D eigenvalue weighted by Crippen LogP contribution is 2.26. The van der Waals surface area contributed by atoms with Gasteiger partial charge in [-0.05, 0) is 25.8 Å². The van der Waals surface area contributed by atoms with E-state index in [9.17, 15) is 9.90 Å². The quantitative estimate of drug-likeness (QED) is 0.582. The van der Waals surface area contributed by atoms with Crippen LogP contribution in [0.2, 0.25) is 0 Å². The van der Waals surface area contributed by atoms with Gasteiger partial charge in [0.1, 0.15) is 0 Å². The van der Waals surface area contributed by atoms with Crippen LogP contribution < -0.4 is 0 Å². The van der Waals surface area contributed by atoms with Crippen molar-refractivity contribution in [2.75, 3.05) is 11.2 Å². The van der Waals surface area contributed by atoms with Crippen molar-refractivity contribution in [3.05, 3.63) is 11.6 Å². The fraction of sp³-hybridized carbons (Fsp3) is 0.700. The molecule has 0 saturated carbocycles. The summed E-state index contributed by atoms with van der Waals surface area (Å²) in [6, 6.07) is 0. The van der Waals surface area contributed by atoms with E-state index in [1.54, 1.807) is 13.0 Å². The van der Waals surface area contributed by atoms with E-state index >= 15 is 0 Å². The summed E-state index contributed by atoms with van der Waals surface area (Å²) in [4.78, 5) is 11.2. The Labute approximate surface area is 112 Å². The minimum atomic E-state index is -0.604. The molecule has 0 radical (unpaired) electrons.